The van der Waals surface area contributed by atoms with Gasteiger partial charge in [-0.15, -0.1) is 0 Å². The standard InChI is InChI=1S/C48H35N/c1-4-13-36(14-5-1)39-23-29-44(30-24-39)49(45-31-25-40(26-32-45)37-15-6-2-7-16-37)46-33-27-41(28-34-46)47-21-10-11-22-48(47)43-20-12-19-42(35-43)38-17-8-3-9-18-38/h1-35H. The molecule has 49 heavy (non-hydrogen) atoms. The number of anilines is 3. The summed E-state index contributed by atoms with van der Waals surface area (Å²) in [6.45, 7) is 0. The molecule has 0 atom stereocenters. The van der Waals surface area contributed by atoms with Gasteiger partial charge in [0.15, 0.2) is 0 Å². The van der Waals surface area contributed by atoms with Gasteiger partial charge in [0.2, 0.25) is 0 Å². The molecule has 0 bridgehead atoms. The van der Waals surface area contributed by atoms with E-state index in [-0.39, 0.29) is 0 Å². The second-order valence-electron chi connectivity index (χ2n) is 12.2. The van der Waals surface area contributed by atoms with Crippen LogP contribution in [0.1, 0.15) is 0 Å². The maximum atomic E-state index is 2.34. The summed E-state index contributed by atoms with van der Waals surface area (Å²) in [5.41, 5.74) is 15.4. The second-order valence-corrected chi connectivity index (χ2v) is 12.2. The first kappa shape index (κ1) is 29.9. The average molecular weight is 626 g/mol. The van der Waals surface area contributed by atoms with Gasteiger partial charge in [0.05, 0.1) is 0 Å². The van der Waals surface area contributed by atoms with Crippen LogP contribution in [-0.2, 0) is 0 Å². The molecule has 8 aromatic carbocycles. The summed E-state index contributed by atoms with van der Waals surface area (Å²) >= 11 is 0. The molecule has 8 rings (SSSR count). The number of hydrogen-bond donors (Lipinski definition) is 0. The lowest BCUT2D eigenvalue weighted by Crippen LogP contribution is -2.09. The molecular weight excluding hydrogens is 591 g/mol. The highest BCUT2D eigenvalue weighted by molar-refractivity contribution is 5.87. The van der Waals surface area contributed by atoms with E-state index < -0.39 is 0 Å². The van der Waals surface area contributed by atoms with Crippen LogP contribution in [-0.4, -0.2) is 0 Å². The summed E-state index contributed by atoms with van der Waals surface area (Å²) in [5, 5.41) is 0. The molecule has 0 aliphatic rings. The topological polar surface area (TPSA) is 3.24 Å². The van der Waals surface area contributed by atoms with Crippen LogP contribution in [0.3, 0.4) is 0 Å². The lowest BCUT2D eigenvalue weighted by molar-refractivity contribution is 1.28. The van der Waals surface area contributed by atoms with Gasteiger partial charge >= 0.3 is 0 Å². The van der Waals surface area contributed by atoms with Gasteiger partial charge < -0.3 is 4.90 Å². The van der Waals surface area contributed by atoms with E-state index in [2.05, 4.69) is 217 Å². The Bertz CT molecular complexity index is 2190. The summed E-state index contributed by atoms with van der Waals surface area (Å²) in [5.74, 6) is 0. The fourth-order valence-electron chi connectivity index (χ4n) is 6.59. The molecule has 0 saturated carbocycles. The third kappa shape index (κ3) is 6.43. The quantitative estimate of drug-likeness (QED) is 0.162. The molecule has 0 aliphatic heterocycles. The molecule has 1 heteroatoms. The Hall–Kier alpha value is -6.44. The van der Waals surface area contributed by atoms with Crippen LogP contribution in [0.25, 0.3) is 55.6 Å². The van der Waals surface area contributed by atoms with Crippen LogP contribution in [0.5, 0.6) is 0 Å². The van der Waals surface area contributed by atoms with E-state index in [1.54, 1.807) is 0 Å². The van der Waals surface area contributed by atoms with Crippen molar-refractivity contribution in [1.82, 2.24) is 0 Å². The third-order valence-electron chi connectivity index (χ3n) is 9.11. The maximum Gasteiger partial charge on any atom is 0.0462 e. The normalized spacial score (nSPS) is 10.9. The molecule has 1 nitrogen and oxygen atoms in total. The first-order valence-electron chi connectivity index (χ1n) is 16.8. The molecule has 0 aromatic heterocycles. The molecule has 0 saturated heterocycles. The van der Waals surface area contributed by atoms with Gasteiger partial charge in [0, 0.05) is 17.1 Å². The predicted octanol–water partition coefficient (Wildman–Crippen LogP) is 13.5. The van der Waals surface area contributed by atoms with Crippen molar-refractivity contribution >= 4 is 17.1 Å². The van der Waals surface area contributed by atoms with Gasteiger partial charge in [0.25, 0.3) is 0 Å². The first-order valence-corrected chi connectivity index (χ1v) is 16.8. The molecule has 0 radical (unpaired) electrons. The zero-order valence-electron chi connectivity index (χ0n) is 27.2. The van der Waals surface area contributed by atoms with Gasteiger partial charge in [-0.2, -0.15) is 0 Å². The first-order chi connectivity index (χ1) is 24.3. The molecule has 0 heterocycles. The lowest BCUT2D eigenvalue weighted by atomic mass is 9.92. The summed E-state index contributed by atoms with van der Waals surface area (Å²) in [6.07, 6.45) is 0. The fourth-order valence-corrected chi connectivity index (χ4v) is 6.59. The SMILES string of the molecule is c1ccc(-c2ccc(N(c3ccc(-c4ccccc4)cc3)c3ccc(-c4ccccc4-c4cccc(-c5ccccc5)c4)cc3)cc2)cc1. The molecule has 0 aliphatic carbocycles. The maximum absolute atomic E-state index is 2.34. The Morgan fingerprint density at radius 3 is 0.959 bits per heavy atom. The minimum absolute atomic E-state index is 1.10. The van der Waals surface area contributed by atoms with Gasteiger partial charge in [0.1, 0.15) is 0 Å². The molecule has 0 spiro atoms. The van der Waals surface area contributed by atoms with Crippen molar-refractivity contribution in [3.05, 3.63) is 212 Å². The summed E-state index contributed by atoms with van der Waals surface area (Å²) in [6, 6.07) is 75.9. The lowest BCUT2D eigenvalue weighted by Gasteiger charge is -2.26. The molecular formula is C48H35N. The van der Waals surface area contributed by atoms with Crippen LogP contribution in [0.2, 0.25) is 0 Å². The van der Waals surface area contributed by atoms with Crippen LogP contribution < -0.4 is 4.90 Å². The number of nitrogens with zero attached hydrogens (tertiary/aromatic N) is 1. The van der Waals surface area contributed by atoms with Crippen LogP contribution in [0.15, 0.2) is 212 Å². The molecule has 0 unspecified atom stereocenters. The van der Waals surface area contributed by atoms with Gasteiger partial charge in [-0.05, 0) is 98.1 Å². The van der Waals surface area contributed by atoms with Crippen molar-refractivity contribution in [2.24, 2.45) is 0 Å². The molecule has 0 fully saturated rings. The van der Waals surface area contributed by atoms with Gasteiger partial charge in [-0.1, -0.05) is 170 Å². The highest BCUT2D eigenvalue weighted by atomic mass is 15.1. The Balaban J connectivity index is 1.16. The Kier molecular flexibility index (Phi) is 8.39. The number of rotatable bonds is 8. The molecule has 232 valence electrons. The zero-order chi connectivity index (χ0) is 32.8. The van der Waals surface area contributed by atoms with E-state index in [0.717, 1.165) is 17.1 Å². The Morgan fingerprint density at radius 2 is 0.510 bits per heavy atom. The van der Waals surface area contributed by atoms with Crippen molar-refractivity contribution in [2.45, 2.75) is 0 Å². The largest absolute Gasteiger partial charge is 0.311 e. The van der Waals surface area contributed by atoms with E-state index in [1.165, 1.54) is 55.6 Å². The van der Waals surface area contributed by atoms with Crippen molar-refractivity contribution in [3.8, 4) is 55.6 Å². The summed E-state index contributed by atoms with van der Waals surface area (Å²) < 4.78 is 0. The Morgan fingerprint density at radius 1 is 0.204 bits per heavy atom. The minimum atomic E-state index is 1.10. The van der Waals surface area contributed by atoms with Gasteiger partial charge in [-0.3, -0.25) is 0 Å². The summed E-state index contributed by atoms with van der Waals surface area (Å²) in [7, 11) is 0. The molecule has 0 amide bonds. The minimum Gasteiger partial charge on any atom is -0.311 e. The fraction of sp³-hybridized carbons (Fsp3) is 0. The van der Waals surface area contributed by atoms with E-state index in [0.29, 0.717) is 0 Å². The van der Waals surface area contributed by atoms with E-state index in [4.69, 9.17) is 0 Å². The van der Waals surface area contributed by atoms with E-state index >= 15 is 0 Å². The highest BCUT2D eigenvalue weighted by Gasteiger charge is 2.15. The smallest absolute Gasteiger partial charge is 0.0462 e. The summed E-state index contributed by atoms with van der Waals surface area (Å²) in [4.78, 5) is 2.34. The average Bonchev–Trinajstić information content (AvgIpc) is 3.20. The number of benzene rings is 8. The predicted molar refractivity (Wildman–Crippen MR) is 208 cm³/mol. The second kappa shape index (κ2) is 13.7. The van der Waals surface area contributed by atoms with Gasteiger partial charge in [-0.25, -0.2) is 0 Å². The van der Waals surface area contributed by atoms with Crippen molar-refractivity contribution in [1.29, 1.82) is 0 Å². The highest BCUT2D eigenvalue weighted by Crippen LogP contribution is 2.39. The monoisotopic (exact) mass is 625 g/mol. The van der Waals surface area contributed by atoms with Crippen molar-refractivity contribution < 1.29 is 0 Å². The van der Waals surface area contributed by atoms with Crippen molar-refractivity contribution in [2.75, 3.05) is 4.90 Å². The van der Waals surface area contributed by atoms with Crippen LogP contribution >= 0.6 is 0 Å². The Labute approximate surface area is 289 Å². The van der Waals surface area contributed by atoms with Crippen molar-refractivity contribution in [3.63, 3.8) is 0 Å². The zero-order valence-corrected chi connectivity index (χ0v) is 27.2. The molecule has 0 N–H and O–H groups in total. The van der Waals surface area contributed by atoms with E-state index in [1.807, 2.05) is 0 Å². The van der Waals surface area contributed by atoms with Crippen LogP contribution in [0.4, 0.5) is 17.1 Å². The molecule has 8 aromatic rings. The third-order valence-corrected chi connectivity index (χ3v) is 9.11. The van der Waals surface area contributed by atoms with E-state index in [9.17, 15) is 0 Å². The number of hydrogen-bond acceptors (Lipinski definition) is 1. The van der Waals surface area contributed by atoms with Crippen LogP contribution in [0, 0.1) is 0 Å².